The van der Waals surface area contributed by atoms with Crippen molar-refractivity contribution in [1.29, 1.82) is 0 Å². The van der Waals surface area contributed by atoms with Crippen LogP contribution in [0.3, 0.4) is 0 Å². The van der Waals surface area contributed by atoms with Gasteiger partial charge in [0.05, 0.1) is 5.75 Å². The van der Waals surface area contributed by atoms with Gasteiger partial charge in [-0.25, -0.2) is 0 Å². The van der Waals surface area contributed by atoms with E-state index in [2.05, 4.69) is 27.8 Å². The van der Waals surface area contributed by atoms with Crippen molar-refractivity contribution in [2.75, 3.05) is 11.1 Å². The summed E-state index contributed by atoms with van der Waals surface area (Å²) in [7, 11) is 0. The largest absolute Gasteiger partial charge is 0.353 e. The van der Waals surface area contributed by atoms with Crippen LogP contribution < -0.4 is 10.6 Å². The smallest absolute Gasteiger partial charge is 0.230 e. The van der Waals surface area contributed by atoms with Crippen LogP contribution in [-0.4, -0.2) is 27.9 Å². The number of nitrogens with zero attached hydrogens (tertiary/aromatic N) is 2. The van der Waals surface area contributed by atoms with Crippen LogP contribution in [0.25, 0.3) is 0 Å². The Kier molecular flexibility index (Phi) is 6.09. The maximum Gasteiger partial charge on any atom is 0.230 e. The average molecular weight is 363 g/mol. The number of aromatic nitrogens is 2. The third kappa shape index (κ3) is 5.21. The van der Waals surface area contributed by atoms with Gasteiger partial charge in [-0.2, -0.15) is 0 Å². The molecule has 0 bridgehead atoms. The van der Waals surface area contributed by atoms with Crippen molar-refractivity contribution in [2.24, 2.45) is 5.92 Å². The lowest BCUT2D eigenvalue weighted by atomic mass is 9.87. The molecule has 24 heavy (non-hydrogen) atoms. The van der Waals surface area contributed by atoms with Gasteiger partial charge in [-0.15, -0.1) is 10.2 Å². The summed E-state index contributed by atoms with van der Waals surface area (Å²) in [4.78, 5) is 12.1. The molecule has 0 unspecified atom stereocenters. The van der Waals surface area contributed by atoms with Gasteiger partial charge in [0, 0.05) is 11.7 Å². The van der Waals surface area contributed by atoms with E-state index in [0.717, 1.165) is 33.9 Å². The molecule has 1 aliphatic carbocycles. The number of anilines is 2. The Morgan fingerprint density at radius 1 is 1.21 bits per heavy atom. The van der Waals surface area contributed by atoms with Gasteiger partial charge in [0.1, 0.15) is 0 Å². The van der Waals surface area contributed by atoms with E-state index in [0.29, 0.717) is 11.8 Å². The molecular formula is C17H22N4OS2. The molecule has 5 nitrogen and oxygen atoms in total. The molecule has 2 N–H and O–H groups in total. The summed E-state index contributed by atoms with van der Waals surface area (Å²) in [5.41, 5.74) is 0.981. The minimum atomic E-state index is 0.0901. The minimum absolute atomic E-state index is 0.0901. The first kappa shape index (κ1) is 17.2. The molecule has 3 rings (SSSR count). The third-order valence-corrected chi connectivity index (χ3v) is 6.11. The lowest BCUT2D eigenvalue weighted by Gasteiger charge is -2.26. The maximum atomic E-state index is 12.1. The molecule has 128 valence electrons. The number of amides is 1. The van der Waals surface area contributed by atoms with Crippen molar-refractivity contribution in [3.63, 3.8) is 0 Å². The topological polar surface area (TPSA) is 66.9 Å². The quantitative estimate of drug-likeness (QED) is 0.758. The Labute approximate surface area is 150 Å². The third-order valence-electron chi connectivity index (χ3n) is 4.14. The van der Waals surface area contributed by atoms with Crippen LogP contribution in [0.15, 0.2) is 34.7 Å². The first-order valence-electron chi connectivity index (χ1n) is 8.27. The van der Waals surface area contributed by atoms with Crippen LogP contribution in [0.5, 0.6) is 0 Å². The fourth-order valence-electron chi connectivity index (χ4n) is 2.76. The Hall–Kier alpha value is -1.60. The number of thioether (sulfide) groups is 1. The zero-order valence-corrected chi connectivity index (χ0v) is 15.3. The fourth-order valence-corrected chi connectivity index (χ4v) is 4.35. The molecule has 7 heteroatoms. The maximum absolute atomic E-state index is 12.1. The predicted molar refractivity (Wildman–Crippen MR) is 99.9 cm³/mol. The number of rotatable bonds is 6. The summed E-state index contributed by atoms with van der Waals surface area (Å²) in [5.74, 6) is 1.28. The second kappa shape index (κ2) is 8.48. The van der Waals surface area contributed by atoms with Gasteiger partial charge >= 0.3 is 0 Å². The van der Waals surface area contributed by atoms with Crippen molar-refractivity contribution in [3.05, 3.63) is 30.3 Å². The Balaban J connectivity index is 1.42. The minimum Gasteiger partial charge on any atom is -0.353 e. The normalized spacial score (nSPS) is 20.5. The van der Waals surface area contributed by atoms with E-state index < -0.39 is 0 Å². The molecule has 2 aromatic rings. The van der Waals surface area contributed by atoms with Crippen molar-refractivity contribution < 1.29 is 4.79 Å². The molecule has 1 fully saturated rings. The van der Waals surface area contributed by atoms with Crippen LogP contribution in [-0.2, 0) is 4.79 Å². The standard InChI is InChI=1S/C17H22N4OS2/c1-12-7-9-14(10-8-12)18-15(22)11-23-17-21-20-16(24-17)19-13-5-3-2-4-6-13/h2-6,12,14H,7-11H2,1H3,(H,18,22)(H,19,20). The summed E-state index contributed by atoms with van der Waals surface area (Å²) < 4.78 is 0.806. The van der Waals surface area contributed by atoms with Crippen LogP contribution in [0.4, 0.5) is 10.8 Å². The molecule has 1 saturated carbocycles. The van der Waals surface area contributed by atoms with Gasteiger partial charge in [0.15, 0.2) is 4.34 Å². The SMILES string of the molecule is CC1CCC(NC(=O)CSc2nnc(Nc3ccccc3)s2)CC1. The lowest BCUT2D eigenvalue weighted by Crippen LogP contribution is -2.38. The predicted octanol–water partition coefficient (Wildman–Crippen LogP) is 4.07. The zero-order chi connectivity index (χ0) is 16.8. The average Bonchev–Trinajstić information content (AvgIpc) is 3.03. The van der Waals surface area contributed by atoms with Crippen LogP contribution >= 0.6 is 23.1 Å². The van der Waals surface area contributed by atoms with E-state index in [9.17, 15) is 4.79 Å². The second-order valence-electron chi connectivity index (χ2n) is 6.18. The Bertz CT molecular complexity index is 654. The molecule has 1 aromatic heterocycles. The van der Waals surface area contributed by atoms with Gasteiger partial charge in [-0.05, 0) is 43.7 Å². The summed E-state index contributed by atoms with van der Waals surface area (Å²) in [5, 5.41) is 15.3. The Morgan fingerprint density at radius 2 is 1.96 bits per heavy atom. The van der Waals surface area contributed by atoms with E-state index in [-0.39, 0.29) is 5.91 Å². The number of para-hydroxylation sites is 1. The van der Waals surface area contributed by atoms with E-state index in [1.165, 1.54) is 35.9 Å². The first-order chi connectivity index (χ1) is 11.7. The zero-order valence-electron chi connectivity index (χ0n) is 13.7. The van der Waals surface area contributed by atoms with Crippen molar-refractivity contribution >= 4 is 39.8 Å². The van der Waals surface area contributed by atoms with E-state index >= 15 is 0 Å². The molecule has 0 atom stereocenters. The number of hydrogen-bond donors (Lipinski definition) is 2. The number of hydrogen-bond acceptors (Lipinski definition) is 6. The van der Waals surface area contributed by atoms with Crippen LogP contribution in [0.1, 0.15) is 32.6 Å². The van der Waals surface area contributed by atoms with Gasteiger partial charge in [0.25, 0.3) is 0 Å². The molecule has 0 radical (unpaired) electrons. The molecule has 0 aliphatic heterocycles. The molecule has 1 aliphatic rings. The number of nitrogens with one attached hydrogen (secondary N) is 2. The van der Waals surface area contributed by atoms with Crippen molar-refractivity contribution in [1.82, 2.24) is 15.5 Å². The Morgan fingerprint density at radius 3 is 2.71 bits per heavy atom. The number of benzene rings is 1. The van der Waals surface area contributed by atoms with E-state index in [1.807, 2.05) is 30.3 Å². The molecule has 0 spiro atoms. The molecule has 1 amide bonds. The van der Waals surface area contributed by atoms with Crippen LogP contribution in [0, 0.1) is 5.92 Å². The van der Waals surface area contributed by atoms with Crippen LogP contribution in [0.2, 0.25) is 0 Å². The number of carbonyl (C=O) groups excluding carboxylic acids is 1. The van der Waals surface area contributed by atoms with Gasteiger partial charge in [-0.1, -0.05) is 48.2 Å². The summed E-state index contributed by atoms with van der Waals surface area (Å²) >= 11 is 2.91. The monoisotopic (exact) mass is 362 g/mol. The second-order valence-corrected chi connectivity index (χ2v) is 8.38. The van der Waals surface area contributed by atoms with Crippen molar-refractivity contribution in [2.45, 2.75) is 43.0 Å². The first-order valence-corrected chi connectivity index (χ1v) is 10.1. The highest BCUT2D eigenvalue weighted by Crippen LogP contribution is 2.28. The van der Waals surface area contributed by atoms with Gasteiger partial charge < -0.3 is 10.6 Å². The highest BCUT2D eigenvalue weighted by molar-refractivity contribution is 8.01. The molecule has 1 aromatic carbocycles. The molecule has 0 saturated heterocycles. The highest BCUT2D eigenvalue weighted by Gasteiger charge is 2.19. The highest BCUT2D eigenvalue weighted by atomic mass is 32.2. The fraction of sp³-hybridized carbons (Fsp3) is 0.471. The number of carbonyl (C=O) groups is 1. The summed E-state index contributed by atoms with van der Waals surface area (Å²) in [6.07, 6.45) is 4.62. The van der Waals surface area contributed by atoms with Gasteiger partial charge in [0.2, 0.25) is 11.0 Å². The summed E-state index contributed by atoms with van der Waals surface area (Å²) in [6.45, 7) is 2.28. The summed E-state index contributed by atoms with van der Waals surface area (Å²) in [6, 6.07) is 10.2. The van der Waals surface area contributed by atoms with Crippen molar-refractivity contribution in [3.8, 4) is 0 Å². The van der Waals surface area contributed by atoms with Gasteiger partial charge in [-0.3, -0.25) is 4.79 Å². The van der Waals surface area contributed by atoms with E-state index in [4.69, 9.17) is 0 Å². The van der Waals surface area contributed by atoms with E-state index in [1.54, 1.807) is 0 Å². The lowest BCUT2D eigenvalue weighted by molar-refractivity contribution is -0.119. The molecule has 1 heterocycles. The molecular weight excluding hydrogens is 340 g/mol.